The summed E-state index contributed by atoms with van der Waals surface area (Å²) in [5, 5.41) is 11.2. The molecule has 5 nitrogen and oxygen atoms in total. The summed E-state index contributed by atoms with van der Waals surface area (Å²) in [5.74, 6) is -2.49. The molecular formula is C13H17FN2O3. The first-order chi connectivity index (χ1) is 8.82. The molecule has 1 unspecified atom stereocenters. The Morgan fingerprint density at radius 3 is 2.58 bits per heavy atom. The Labute approximate surface area is 110 Å². The van der Waals surface area contributed by atoms with E-state index in [2.05, 4.69) is 5.32 Å². The second-order valence-corrected chi connectivity index (χ2v) is 4.63. The van der Waals surface area contributed by atoms with Gasteiger partial charge in [-0.05, 0) is 18.1 Å². The van der Waals surface area contributed by atoms with Crippen LogP contribution in [0.1, 0.15) is 30.6 Å². The number of carboxylic acids is 1. The van der Waals surface area contributed by atoms with Crippen LogP contribution in [0.5, 0.6) is 0 Å². The van der Waals surface area contributed by atoms with E-state index in [1.807, 2.05) is 13.8 Å². The van der Waals surface area contributed by atoms with Crippen molar-refractivity contribution < 1.29 is 19.1 Å². The average molecular weight is 268 g/mol. The topological polar surface area (TPSA) is 92.4 Å². The Kier molecular flexibility index (Phi) is 5.00. The molecule has 0 aliphatic heterocycles. The first-order valence-electron chi connectivity index (χ1n) is 5.90. The van der Waals surface area contributed by atoms with Crippen LogP contribution < -0.4 is 11.1 Å². The number of carbonyl (C=O) groups excluding carboxylic acids is 1. The second kappa shape index (κ2) is 6.29. The van der Waals surface area contributed by atoms with Crippen molar-refractivity contribution in [3.05, 3.63) is 29.6 Å². The van der Waals surface area contributed by atoms with Crippen LogP contribution in [-0.4, -0.2) is 23.0 Å². The first-order valence-corrected chi connectivity index (χ1v) is 5.90. The smallest absolute Gasteiger partial charge is 0.337 e. The minimum absolute atomic E-state index is 0.00502. The normalized spacial score (nSPS) is 12.3. The van der Waals surface area contributed by atoms with Gasteiger partial charge in [-0.25, -0.2) is 9.18 Å². The fourth-order valence-electron chi connectivity index (χ4n) is 1.47. The van der Waals surface area contributed by atoms with Crippen LogP contribution in [-0.2, 0) is 4.79 Å². The lowest BCUT2D eigenvalue weighted by Crippen LogP contribution is -2.32. The SMILES string of the molecule is CC(C)C(N)CC(=O)Nc1c(F)cccc1C(=O)O. The van der Waals surface area contributed by atoms with Gasteiger partial charge in [-0.1, -0.05) is 19.9 Å². The van der Waals surface area contributed by atoms with Gasteiger partial charge >= 0.3 is 5.97 Å². The third kappa shape index (κ3) is 4.03. The average Bonchev–Trinajstić information content (AvgIpc) is 2.31. The highest BCUT2D eigenvalue weighted by Crippen LogP contribution is 2.20. The Morgan fingerprint density at radius 2 is 2.05 bits per heavy atom. The van der Waals surface area contributed by atoms with E-state index >= 15 is 0 Å². The van der Waals surface area contributed by atoms with E-state index in [9.17, 15) is 14.0 Å². The molecular weight excluding hydrogens is 251 g/mol. The number of benzene rings is 1. The summed E-state index contributed by atoms with van der Waals surface area (Å²) in [6, 6.07) is 3.22. The summed E-state index contributed by atoms with van der Waals surface area (Å²) in [6.07, 6.45) is 0.00502. The summed E-state index contributed by atoms with van der Waals surface area (Å²) in [4.78, 5) is 22.6. The zero-order valence-electron chi connectivity index (χ0n) is 10.8. The van der Waals surface area contributed by atoms with Gasteiger partial charge in [0.05, 0.1) is 11.3 Å². The molecule has 19 heavy (non-hydrogen) atoms. The van der Waals surface area contributed by atoms with Crippen LogP contribution in [0.4, 0.5) is 10.1 Å². The van der Waals surface area contributed by atoms with Gasteiger partial charge in [0.1, 0.15) is 5.82 Å². The van der Waals surface area contributed by atoms with E-state index < -0.39 is 17.7 Å². The molecule has 0 fully saturated rings. The predicted octanol–water partition coefficient (Wildman–Crippen LogP) is 1.84. The maximum Gasteiger partial charge on any atom is 0.337 e. The number of halogens is 1. The number of anilines is 1. The monoisotopic (exact) mass is 268 g/mol. The molecule has 6 heteroatoms. The van der Waals surface area contributed by atoms with Crippen molar-refractivity contribution in [1.29, 1.82) is 0 Å². The molecule has 4 N–H and O–H groups in total. The van der Waals surface area contributed by atoms with Crippen molar-refractivity contribution in [3.63, 3.8) is 0 Å². The van der Waals surface area contributed by atoms with Crippen LogP contribution >= 0.6 is 0 Å². The van der Waals surface area contributed by atoms with Gasteiger partial charge in [-0.2, -0.15) is 0 Å². The highest BCUT2D eigenvalue weighted by Gasteiger charge is 2.18. The van der Waals surface area contributed by atoms with E-state index in [4.69, 9.17) is 10.8 Å². The molecule has 1 aromatic rings. The van der Waals surface area contributed by atoms with Crippen LogP contribution in [0, 0.1) is 11.7 Å². The molecule has 0 bridgehead atoms. The number of carbonyl (C=O) groups is 2. The summed E-state index contributed by atoms with van der Waals surface area (Å²) in [6.45, 7) is 3.73. The maximum absolute atomic E-state index is 13.6. The lowest BCUT2D eigenvalue weighted by Gasteiger charge is -2.16. The number of hydrogen-bond acceptors (Lipinski definition) is 3. The van der Waals surface area contributed by atoms with E-state index in [-0.39, 0.29) is 29.6 Å². The van der Waals surface area contributed by atoms with Gasteiger partial charge in [0.15, 0.2) is 0 Å². The summed E-state index contributed by atoms with van der Waals surface area (Å²) < 4.78 is 13.6. The van der Waals surface area contributed by atoms with Crippen LogP contribution in [0.25, 0.3) is 0 Å². The predicted molar refractivity (Wildman–Crippen MR) is 69.4 cm³/mol. The van der Waals surface area contributed by atoms with Gasteiger partial charge in [0, 0.05) is 12.5 Å². The number of rotatable bonds is 5. The number of carboxylic acid groups (broad SMARTS) is 1. The molecule has 1 aromatic carbocycles. The van der Waals surface area contributed by atoms with Gasteiger partial charge in [-0.15, -0.1) is 0 Å². The fourth-order valence-corrected chi connectivity index (χ4v) is 1.47. The first kappa shape index (κ1) is 15.1. The van der Waals surface area contributed by atoms with Gasteiger partial charge < -0.3 is 16.2 Å². The lowest BCUT2D eigenvalue weighted by atomic mass is 10.0. The largest absolute Gasteiger partial charge is 0.478 e. The molecule has 0 saturated carbocycles. The zero-order valence-corrected chi connectivity index (χ0v) is 10.8. The third-order valence-electron chi connectivity index (χ3n) is 2.79. The van der Waals surface area contributed by atoms with Crippen molar-refractivity contribution in [2.45, 2.75) is 26.3 Å². The van der Waals surface area contributed by atoms with Gasteiger partial charge in [0.2, 0.25) is 5.91 Å². The highest BCUT2D eigenvalue weighted by atomic mass is 19.1. The molecule has 0 aliphatic carbocycles. The number of hydrogen-bond donors (Lipinski definition) is 3. The summed E-state index contributed by atoms with van der Waals surface area (Å²) in [7, 11) is 0. The zero-order chi connectivity index (χ0) is 14.6. The van der Waals surface area contributed by atoms with Crippen molar-refractivity contribution in [3.8, 4) is 0 Å². The van der Waals surface area contributed by atoms with E-state index in [1.165, 1.54) is 12.1 Å². The molecule has 0 heterocycles. The van der Waals surface area contributed by atoms with Crippen LogP contribution in [0.15, 0.2) is 18.2 Å². The molecule has 1 atom stereocenters. The summed E-state index contributed by atoms with van der Waals surface area (Å²) in [5.41, 5.74) is 5.13. The standard InChI is InChI=1S/C13H17FN2O3/c1-7(2)10(15)6-11(17)16-12-8(13(18)19)4-3-5-9(12)14/h3-5,7,10H,6,15H2,1-2H3,(H,16,17)(H,18,19). The molecule has 0 aromatic heterocycles. The van der Waals surface area contributed by atoms with Crippen molar-refractivity contribution in [1.82, 2.24) is 0 Å². The Morgan fingerprint density at radius 1 is 1.42 bits per heavy atom. The molecule has 0 radical (unpaired) electrons. The number of aromatic carboxylic acids is 1. The van der Waals surface area contributed by atoms with E-state index in [0.29, 0.717) is 0 Å². The molecule has 1 amide bonds. The fraction of sp³-hybridized carbons (Fsp3) is 0.385. The minimum atomic E-state index is -1.30. The second-order valence-electron chi connectivity index (χ2n) is 4.63. The Bertz CT molecular complexity index is 489. The number of amides is 1. The maximum atomic E-state index is 13.6. The minimum Gasteiger partial charge on any atom is -0.478 e. The third-order valence-corrected chi connectivity index (χ3v) is 2.79. The van der Waals surface area contributed by atoms with Gasteiger partial charge in [-0.3, -0.25) is 4.79 Å². The molecule has 104 valence electrons. The Balaban J connectivity index is 2.88. The quantitative estimate of drug-likeness (QED) is 0.759. The lowest BCUT2D eigenvalue weighted by molar-refractivity contribution is -0.116. The number of nitrogens with two attached hydrogens (primary N) is 1. The van der Waals surface area contributed by atoms with Gasteiger partial charge in [0.25, 0.3) is 0 Å². The molecule has 1 rings (SSSR count). The van der Waals surface area contributed by atoms with E-state index in [1.54, 1.807) is 0 Å². The molecule has 0 aliphatic rings. The van der Waals surface area contributed by atoms with Crippen molar-refractivity contribution >= 4 is 17.6 Å². The van der Waals surface area contributed by atoms with Crippen molar-refractivity contribution in [2.24, 2.45) is 11.7 Å². The number of nitrogens with one attached hydrogen (secondary N) is 1. The van der Waals surface area contributed by atoms with E-state index in [0.717, 1.165) is 6.07 Å². The highest BCUT2D eigenvalue weighted by molar-refractivity contribution is 6.00. The number of para-hydroxylation sites is 1. The molecule has 0 spiro atoms. The van der Waals surface area contributed by atoms with Crippen LogP contribution in [0.3, 0.4) is 0 Å². The molecule has 0 saturated heterocycles. The van der Waals surface area contributed by atoms with Crippen LogP contribution in [0.2, 0.25) is 0 Å². The van der Waals surface area contributed by atoms with Crippen molar-refractivity contribution in [2.75, 3.05) is 5.32 Å². The Hall–Kier alpha value is -1.95. The summed E-state index contributed by atoms with van der Waals surface area (Å²) >= 11 is 0.